The first-order valence-electron chi connectivity index (χ1n) is 41.5. The van der Waals surface area contributed by atoms with Crippen molar-refractivity contribution >= 4 is 148 Å². The van der Waals surface area contributed by atoms with Gasteiger partial charge in [-0.15, -0.1) is 0 Å². The summed E-state index contributed by atoms with van der Waals surface area (Å²) in [5, 5.41) is 25.5. The number of carbonyl (C=O) groups is 4. The molecule has 132 heavy (non-hydrogen) atoms. The molecular formula is C100H83Cl6F3N12O9S2. The molecule has 3 aliphatic heterocycles. The van der Waals surface area contributed by atoms with Crippen LogP contribution in [0.4, 0.5) is 18.0 Å². The molecule has 0 unspecified atom stereocenters. The molecule has 672 valence electrons. The summed E-state index contributed by atoms with van der Waals surface area (Å²) in [6, 6.07) is 76.0. The first-order chi connectivity index (χ1) is 63.3. The number of aromatic nitrogens is 6. The molecule has 3 N–H and O–H groups in total. The van der Waals surface area contributed by atoms with E-state index in [0.29, 0.717) is 114 Å². The molecule has 6 heterocycles. The van der Waals surface area contributed by atoms with Gasteiger partial charge in [-0.1, -0.05) is 245 Å². The lowest BCUT2D eigenvalue weighted by molar-refractivity contribution is 0.0915. The number of amides is 4. The molecular weight excluding hydrogens is 1850 g/mol. The zero-order chi connectivity index (χ0) is 93.4. The van der Waals surface area contributed by atoms with Crippen LogP contribution in [-0.4, -0.2) is 109 Å². The van der Waals surface area contributed by atoms with E-state index >= 15 is 0 Å². The van der Waals surface area contributed by atoms with E-state index in [9.17, 15) is 49.2 Å². The van der Waals surface area contributed by atoms with Gasteiger partial charge in [0.05, 0.1) is 91.6 Å². The third-order valence-electron chi connectivity index (χ3n) is 22.2. The lowest BCUT2D eigenvalue weighted by Gasteiger charge is -2.29. The van der Waals surface area contributed by atoms with E-state index in [2.05, 4.69) is 21.0 Å². The maximum atomic E-state index is 14.0. The zero-order valence-electron chi connectivity index (χ0n) is 71.3. The second-order valence-electron chi connectivity index (χ2n) is 31.5. The Kier molecular flexibility index (Phi) is 29.2. The predicted molar refractivity (Wildman–Crippen MR) is 512 cm³/mol. The summed E-state index contributed by atoms with van der Waals surface area (Å²) < 4.78 is 108. The second kappa shape index (κ2) is 41.0. The molecule has 17 rings (SSSR count). The number of sulfonamides is 2. The van der Waals surface area contributed by atoms with Crippen molar-refractivity contribution in [3.05, 3.63) is 416 Å². The van der Waals surface area contributed by atoms with Gasteiger partial charge in [0.2, 0.25) is 20.0 Å². The molecule has 3 aromatic heterocycles. The number of aryl methyl sites for hydroxylation is 1. The van der Waals surface area contributed by atoms with Gasteiger partial charge in [0.15, 0.2) is 17.1 Å². The smallest absolute Gasteiger partial charge is 0.410 e. The van der Waals surface area contributed by atoms with E-state index in [1.54, 1.807) is 141 Å². The summed E-state index contributed by atoms with van der Waals surface area (Å²) in [7, 11) is -7.67. The monoisotopic (exact) mass is 1930 g/mol. The van der Waals surface area contributed by atoms with Gasteiger partial charge in [-0.25, -0.2) is 48.8 Å². The fourth-order valence-electron chi connectivity index (χ4n) is 15.4. The number of hydrogen-bond acceptors (Lipinski definition) is 12. The van der Waals surface area contributed by atoms with Crippen LogP contribution in [0.25, 0.3) is 52.0 Å². The highest BCUT2D eigenvalue weighted by atomic mass is 35.5. The Labute approximate surface area is 791 Å². The van der Waals surface area contributed by atoms with Crippen LogP contribution < -0.4 is 16.0 Å². The fourth-order valence-corrected chi connectivity index (χ4v) is 19.0. The molecule has 0 saturated carbocycles. The molecule has 32 heteroatoms. The molecule has 21 nitrogen and oxygen atoms in total. The van der Waals surface area contributed by atoms with Gasteiger partial charge in [0.25, 0.3) is 17.7 Å². The summed E-state index contributed by atoms with van der Waals surface area (Å²) >= 11 is 38.5. The number of nitrogens with zero attached hydrogens (tertiary/aromatic N) is 9. The predicted octanol–water partition coefficient (Wildman–Crippen LogP) is 22.5. The maximum absolute atomic E-state index is 14.0. The van der Waals surface area contributed by atoms with Gasteiger partial charge < -0.3 is 20.7 Å². The van der Waals surface area contributed by atoms with Crippen molar-refractivity contribution in [1.29, 1.82) is 0 Å². The normalized spacial score (nSPS) is 14.9. The van der Waals surface area contributed by atoms with Crippen LogP contribution in [0.15, 0.2) is 278 Å². The van der Waals surface area contributed by atoms with Crippen molar-refractivity contribution in [3.63, 3.8) is 0 Å². The maximum Gasteiger partial charge on any atom is 0.410 e. The zero-order valence-corrected chi connectivity index (χ0v) is 77.5. The second-order valence-corrected chi connectivity index (χ2v) is 38.0. The highest BCUT2D eigenvalue weighted by molar-refractivity contribution is 7.89. The van der Waals surface area contributed by atoms with Crippen molar-refractivity contribution in [1.82, 2.24) is 58.8 Å². The number of halogens is 9. The van der Waals surface area contributed by atoms with Crippen LogP contribution in [0, 0.1) is 24.4 Å². The van der Waals surface area contributed by atoms with Gasteiger partial charge in [-0.05, 0) is 205 Å². The van der Waals surface area contributed by atoms with E-state index in [1.807, 2.05) is 155 Å². The van der Waals surface area contributed by atoms with Crippen molar-refractivity contribution in [2.24, 2.45) is 0 Å². The Hall–Kier alpha value is -12.7. The molecule has 0 bridgehead atoms. The van der Waals surface area contributed by atoms with Crippen LogP contribution in [0.5, 0.6) is 0 Å². The molecule has 0 radical (unpaired) electrons. The van der Waals surface area contributed by atoms with Crippen molar-refractivity contribution < 1.29 is 53.9 Å². The Balaban J connectivity index is 0.000000152. The molecule has 3 atom stereocenters. The minimum Gasteiger partial charge on any atom is -0.445 e. The first-order valence-corrected chi connectivity index (χ1v) is 47.0. The number of rotatable bonds is 20. The molecule has 14 aromatic rings. The summed E-state index contributed by atoms with van der Waals surface area (Å²) in [5.41, 5.74) is 12.9. The Morgan fingerprint density at radius 3 is 1.06 bits per heavy atom. The number of ether oxygens (including phenoxy) is 1. The highest BCUT2D eigenvalue weighted by Crippen LogP contribution is 2.42. The minimum atomic E-state index is -4.01. The van der Waals surface area contributed by atoms with E-state index in [-0.39, 0.29) is 91.8 Å². The number of fused-ring (bicyclic) bond motifs is 3. The molecule has 11 aromatic carbocycles. The quantitative estimate of drug-likeness (QED) is 0.0645. The highest BCUT2D eigenvalue weighted by Gasteiger charge is 2.41. The SMILES string of the molecule is C[C@@H](NC(=O)c1nn(-c2ccc(Cl)cc2Cl)c2c1CN(C(=O)OCc1ccccc1)C/C2=C\c1ccc(F)cc1)c1ccccc1.C[C@@H](NC(=O)c1nn(-c2ccc(Cl)cc2Cl)c2c1CN(S(C)(=O)=O)C/C2=C\c1ccc(F)cc1)c1ccccc1.Cc1ccc(S(=O)(=O)N2C/C(=C\c3ccc(F)cc3)c3c(c(C(=O)N[C@H](C)c4ccccc4)nn3-c3ccc(Cl)cc3Cl)C2)cc1. The van der Waals surface area contributed by atoms with E-state index in [1.165, 1.54) is 49.9 Å². The third-order valence-corrected chi connectivity index (χ3v) is 26.8. The first kappa shape index (κ1) is 94.0. The van der Waals surface area contributed by atoms with Crippen molar-refractivity contribution in [3.8, 4) is 17.1 Å². The molecule has 0 fully saturated rings. The summed E-state index contributed by atoms with van der Waals surface area (Å²) in [4.78, 5) is 56.7. The summed E-state index contributed by atoms with van der Waals surface area (Å²) in [6.07, 6.45) is 5.93. The fraction of sp³-hybridized carbons (Fsp3) is 0.150. The van der Waals surface area contributed by atoms with Crippen LogP contribution in [0.2, 0.25) is 30.1 Å². The molecule has 0 spiro atoms. The van der Waals surface area contributed by atoms with Gasteiger partial charge in [-0.2, -0.15) is 23.9 Å². The van der Waals surface area contributed by atoms with Gasteiger partial charge in [0.1, 0.15) is 24.1 Å². The van der Waals surface area contributed by atoms with E-state index in [0.717, 1.165) is 34.1 Å². The van der Waals surface area contributed by atoms with Gasteiger partial charge in [-0.3, -0.25) is 19.3 Å². The molecule has 3 aliphatic rings. The van der Waals surface area contributed by atoms with Crippen LogP contribution in [0.3, 0.4) is 0 Å². The summed E-state index contributed by atoms with van der Waals surface area (Å²) in [5.74, 6) is -2.53. The van der Waals surface area contributed by atoms with Crippen molar-refractivity contribution in [2.75, 3.05) is 25.9 Å². The lowest BCUT2D eigenvalue weighted by atomic mass is 9.97. The summed E-state index contributed by atoms with van der Waals surface area (Å²) in [6.45, 7) is 7.54. The molecule has 4 amide bonds. The molecule has 0 aliphatic carbocycles. The average Bonchev–Trinajstić information content (AvgIpc) is 1.55. The lowest BCUT2D eigenvalue weighted by Crippen LogP contribution is -2.37. The van der Waals surface area contributed by atoms with Gasteiger partial charge in [0, 0.05) is 57.9 Å². The topological polar surface area (TPSA) is 245 Å². The van der Waals surface area contributed by atoms with Crippen LogP contribution >= 0.6 is 69.6 Å². The standard InChI is InChI=1S/C36H29Cl2FN4O3.C35H29Cl2FN4O3S.C29H25Cl2FN4O3S/c1-23(26-10-6-3-7-11-26)40-35(44)33-30-21-42(36(45)46-22-25-8-4-2-5-9-25)20-27(18-24-12-15-29(39)16-13-24)34(30)43(41-33)32-17-14-28(37)19-31(32)38;1-22-8-15-29(16-9-22)46(44,45)41-20-26(18-24-10-13-28(38)14-11-24)34-30(21-41)33(35(43)39-23(2)25-6-4-3-5-7-25)40-42(34)32-17-12-27(36)19-31(32)37;1-18(20-6-4-3-5-7-20)33-29(37)27-24-17-35(40(2,38)39)16-21(14-19-8-11-23(32)12-9-19)28(24)36(34-27)26-13-10-22(30)15-25(26)31/h2-19,23H,20-22H2,1H3,(H,40,44);3-19,23H,20-21H2,1-2H3,(H,39,43);3-15,18H,16-17H2,1-2H3,(H,33,37)/b27-18+;26-18+;21-14+/t2*23-;18-/m111/s1. The number of hydrogen-bond donors (Lipinski definition) is 3. The number of benzene rings is 11. The average molecular weight is 1930 g/mol. The Bertz CT molecular complexity index is 7020. The van der Waals surface area contributed by atoms with Gasteiger partial charge >= 0.3 is 6.09 Å². The largest absolute Gasteiger partial charge is 0.445 e. The Morgan fingerprint density at radius 1 is 0.402 bits per heavy atom. The number of nitrogens with one attached hydrogen (secondary N) is 3. The minimum absolute atomic E-state index is 0.0155. The molecule has 0 saturated heterocycles. The third kappa shape index (κ3) is 21.9. The number of carbonyl (C=O) groups excluding carboxylic acids is 4. The van der Waals surface area contributed by atoms with E-state index in [4.69, 9.17) is 84.5 Å². The Morgan fingerprint density at radius 2 is 0.720 bits per heavy atom. The van der Waals surface area contributed by atoms with Crippen LogP contribution in [0.1, 0.15) is 149 Å². The van der Waals surface area contributed by atoms with Crippen molar-refractivity contribution in [2.45, 2.75) is 77.0 Å². The van der Waals surface area contributed by atoms with E-state index < -0.39 is 55.5 Å². The van der Waals surface area contributed by atoms with Crippen LogP contribution in [-0.2, 0) is 51.0 Å².